The van der Waals surface area contributed by atoms with Crippen LogP contribution in [-0.4, -0.2) is 9.91 Å². The zero-order valence-corrected chi connectivity index (χ0v) is 10.7. The average molecular weight is 298 g/mol. The van der Waals surface area contributed by atoms with Crippen molar-refractivity contribution < 1.29 is 13.7 Å². The smallest absolute Gasteiger partial charge is 0.301 e. The van der Waals surface area contributed by atoms with Crippen molar-refractivity contribution in [1.82, 2.24) is 4.98 Å². The zero-order valence-electron chi connectivity index (χ0n) is 9.84. The fourth-order valence-corrected chi connectivity index (χ4v) is 2.29. The first-order valence-corrected chi connectivity index (χ1v) is 6.08. The van der Waals surface area contributed by atoms with Crippen LogP contribution in [0, 0.1) is 21.7 Å². The lowest BCUT2D eigenvalue weighted by atomic mass is 10.3. The molecule has 0 spiro atoms. The first-order chi connectivity index (χ1) is 9.51. The Morgan fingerprint density at radius 1 is 1.25 bits per heavy atom. The van der Waals surface area contributed by atoms with Gasteiger partial charge in [0.15, 0.2) is 16.7 Å². The van der Waals surface area contributed by atoms with Gasteiger partial charge in [0.1, 0.15) is 5.82 Å². The van der Waals surface area contributed by atoms with Crippen LogP contribution in [0.3, 0.4) is 0 Å². The largest absolute Gasteiger partial charge is 0.308 e. The molecule has 9 heteroatoms. The Bertz CT molecular complexity index is 669. The summed E-state index contributed by atoms with van der Waals surface area (Å²) in [7, 11) is 0. The van der Waals surface area contributed by atoms with Crippen LogP contribution in [0.4, 0.5) is 20.3 Å². The van der Waals surface area contributed by atoms with Gasteiger partial charge in [-0.15, -0.1) is 0 Å². The van der Waals surface area contributed by atoms with Crippen molar-refractivity contribution in [3.05, 3.63) is 52.1 Å². The first kappa shape index (κ1) is 14.2. The molecule has 2 rings (SSSR count). The van der Waals surface area contributed by atoms with E-state index in [9.17, 15) is 18.9 Å². The molecule has 0 saturated carbocycles. The van der Waals surface area contributed by atoms with Crippen molar-refractivity contribution >= 4 is 23.3 Å². The Hall–Kier alpha value is -2.26. The molecule has 0 aliphatic heterocycles. The zero-order chi connectivity index (χ0) is 14.7. The minimum absolute atomic E-state index is 0.0245. The van der Waals surface area contributed by atoms with Crippen molar-refractivity contribution in [2.45, 2.75) is 9.92 Å². The van der Waals surface area contributed by atoms with Crippen molar-refractivity contribution in [1.29, 1.82) is 0 Å². The number of hydrazine groups is 1. The molecule has 0 bridgehead atoms. The number of nitrogen functional groups attached to an aromatic ring is 1. The van der Waals surface area contributed by atoms with Crippen LogP contribution < -0.4 is 11.3 Å². The van der Waals surface area contributed by atoms with Crippen molar-refractivity contribution in [3.8, 4) is 0 Å². The Labute approximate surface area is 116 Å². The Morgan fingerprint density at radius 2 is 2.00 bits per heavy atom. The summed E-state index contributed by atoms with van der Waals surface area (Å²) in [5.41, 5.74) is 2.01. The normalized spacial score (nSPS) is 10.3. The maximum atomic E-state index is 13.1. The molecule has 0 unspecified atom stereocenters. The summed E-state index contributed by atoms with van der Waals surface area (Å²) in [5.74, 6) is 3.38. The Balaban J connectivity index is 2.40. The number of nitrogens with zero attached hydrogens (tertiary/aromatic N) is 2. The van der Waals surface area contributed by atoms with Gasteiger partial charge in [0.05, 0.1) is 4.92 Å². The number of nitrogens with one attached hydrogen (secondary N) is 1. The number of pyridine rings is 1. The molecule has 0 amide bonds. The number of benzene rings is 1. The Morgan fingerprint density at radius 3 is 2.60 bits per heavy atom. The van der Waals surface area contributed by atoms with Crippen LogP contribution in [0.1, 0.15) is 0 Å². The molecule has 0 radical (unpaired) electrons. The van der Waals surface area contributed by atoms with Crippen LogP contribution in [0.25, 0.3) is 0 Å². The molecule has 6 nitrogen and oxygen atoms in total. The number of nitrogens with two attached hydrogens (primary N) is 1. The molecule has 1 aromatic heterocycles. The third-order valence-electron chi connectivity index (χ3n) is 2.29. The lowest BCUT2D eigenvalue weighted by Crippen LogP contribution is -2.09. The standard InChI is InChI=1S/C11H8F2N4O2S/c12-7-2-1-6(5-8(7)13)20-11-9(17(18)19)3-4-10(15-11)16-14/h1-5H,14H2,(H,15,16). The highest BCUT2D eigenvalue weighted by Crippen LogP contribution is 2.34. The lowest BCUT2D eigenvalue weighted by molar-refractivity contribution is -0.388. The average Bonchev–Trinajstić information content (AvgIpc) is 2.42. The van der Waals surface area contributed by atoms with Gasteiger partial charge < -0.3 is 5.43 Å². The van der Waals surface area contributed by atoms with Gasteiger partial charge in [0.25, 0.3) is 0 Å². The maximum Gasteiger partial charge on any atom is 0.301 e. The predicted molar refractivity (Wildman–Crippen MR) is 69.2 cm³/mol. The van der Waals surface area contributed by atoms with Gasteiger partial charge in [-0.05, 0) is 24.3 Å². The van der Waals surface area contributed by atoms with Gasteiger partial charge >= 0.3 is 5.69 Å². The molecule has 1 heterocycles. The quantitative estimate of drug-likeness (QED) is 0.512. The molecule has 0 aliphatic carbocycles. The number of hydrogen-bond donors (Lipinski definition) is 2. The second kappa shape index (κ2) is 5.80. The second-order valence-corrected chi connectivity index (χ2v) is 4.66. The van der Waals surface area contributed by atoms with Crippen molar-refractivity contribution in [3.63, 3.8) is 0 Å². The molecule has 0 saturated heterocycles. The highest BCUT2D eigenvalue weighted by Gasteiger charge is 2.17. The van der Waals surface area contributed by atoms with Gasteiger partial charge in [-0.2, -0.15) is 0 Å². The van der Waals surface area contributed by atoms with Crippen molar-refractivity contribution in [2.24, 2.45) is 5.84 Å². The molecule has 104 valence electrons. The molecular weight excluding hydrogens is 290 g/mol. The summed E-state index contributed by atoms with van der Waals surface area (Å²) in [6.45, 7) is 0. The van der Waals surface area contributed by atoms with Crippen molar-refractivity contribution in [2.75, 3.05) is 5.43 Å². The minimum Gasteiger partial charge on any atom is -0.308 e. The monoisotopic (exact) mass is 298 g/mol. The Kier molecular flexibility index (Phi) is 4.11. The van der Waals surface area contributed by atoms with E-state index < -0.39 is 16.6 Å². The predicted octanol–water partition coefficient (Wildman–Crippen LogP) is 2.70. The van der Waals surface area contributed by atoms with Crippen LogP contribution in [0.2, 0.25) is 0 Å². The third-order valence-corrected chi connectivity index (χ3v) is 3.27. The number of aromatic nitrogens is 1. The first-order valence-electron chi connectivity index (χ1n) is 5.26. The fourth-order valence-electron chi connectivity index (χ4n) is 1.38. The number of halogens is 2. The maximum absolute atomic E-state index is 13.1. The van der Waals surface area contributed by atoms with E-state index in [4.69, 9.17) is 5.84 Å². The van der Waals surface area contributed by atoms with E-state index in [0.29, 0.717) is 0 Å². The van der Waals surface area contributed by atoms with E-state index in [2.05, 4.69) is 10.4 Å². The number of hydrogen-bond acceptors (Lipinski definition) is 6. The molecular formula is C11H8F2N4O2S. The van der Waals surface area contributed by atoms with Crippen LogP contribution in [0.15, 0.2) is 40.3 Å². The van der Waals surface area contributed by atoms with Gasteiger partial charge in [-0.25, -0.2) is 19.6 Å². The van der Waals surface area contributed by atoms with E-state index >= 15 is 0 Å². The SMILES string of the molecule is NNc1ccc([N+](=O)[O-])c(Sc2ccc(F)c(F)c2)n1. The fraction of sp³-hybridized carbons (Fsp3) is 0. The molecule has 0 fully saturated rings. The number of nitro groups is 1. The summed E-state index contributed by atoms with van der Waals surface area (Å²) in [4.78, 5) is 14.5. The van der Waals surface area contributed by atoms with Gasteiger partial charge in [0, 0.05) is 11.0 Å². The summed E-state index contributed by atoms with van der Waals surface area (Å²) < 4.78 is 25.9. The topological polar surface area (TPSA) is 94.1 Å². The third kappa shape index (κ3) is 3.00. The van der Waals surface area contributed by atoms with Gasteiger partial charge in [-0.3, -0.25) is 10.1 Å². The van der Waals surface area contributed by atoms with Crippen LogP contribution >= 0.6 is 11.8 Å². The molecule has 1 aromatic carbocycles. The van der Waals surface area contributed by atoms with E-state index in [1.165, 1.54) is 18.2 Å². The summed E-state index contributed by atoms with van der Waals surface area (Å²) in [5, 5.41) is 10.9. The highest BCUT2D eigenvalue weighted by molar-refractivity contribution is 7.99. The number of anilines is 1. The summed E-state index contributed by atoms with van der Waals surface area (Å²) >= 11 is 0.840. The van der Waals surface area contributed by atoms with Crippen LogP contribution in [-0.2, 0) is 0 Å². The van der Waals surface area contributed by atoms with E-state index in [1.807, 2.05) is 0 Å². The van der Waals surface area contributed by atoms with Crippen LogP contribution in [0.5, 0.6) is 0 Å². The highest BCUT2D eigenvalue weighted by atomic mass is 32.2. The summed E-state index contributed by atoms with van der Waals surface area (Å²) in [6, 6.07) is 5.75. The molecule has 20 heavy (non-hydrogen) atoms. The molecule has 3 N–H and O–H groups in total. The van der Waals surface area contributed by atoms with Gasteiger partial charge in [0.2, 0.25) is 0 Å². The second-order valence-electron chi connectivity index (χ2n) is 3.60. The van der Waals surface area contributed by atoms with Gasteiger partial charge in [-0.1, -0.05) is 11.8 Å². The molecule has 0 aliphatic rings. The van der Waals surface area contributed by atoms with E-state index in [0.717, 1.165) is 23.9 Å². The molecule has 2 aromatic rings. The van der Waals surface area contributed by atoms with E-state index in [1.54, 1.807) is 0 Å². The van der Waals surface area contributed by atoms with E-state index in [-0.39, 0.29) is 21.4 Å². The number of rotatable bonds is 4. The summed E-state index contributed by atoms with van der Waals surface area (Å²) in [6.07, 6.45) is 0. The lowest BCUT2D eigenvalue weighted by Gasteiger charge is -2.05. The minimum atomic E-state index is -1.04. The molecule has 0 atom stereocenters.